The highest BCUT2D eigenvalue weighted by Crippen LogP contribution is 2.18. The number of nitrogens with one attached hydrogen (secondary N) is 1. The topological polar surface area (TPSA) is 49.4 Å². The molecule has 0 heterocycles. The zero-order chi connectivity index (χ0) is 16.2. The van der Waals surface area contributed by atoms with Crippen molar-refractivity contribution in [1.29, 1.82) is 0 Å². The van der Waals surface area contributed by atoms with E-state index in [1.54, 1.807) is 24.3 Å². The van der Waals surface area contributed by atoms with Gasteiger partial charge in [0, 0.05) is 12.6 Å². The molecule has 0 saturated heterocycles. The average Bonchev–Trinajstić information content (AvgIpc) is 2.48. The zero-order valence-electron chi connectivity index (χ0n) is 13.2. The van der Waals surface area contributed by atoms with Crippen molar-refractivity contribution in [3.8, 4) is 0 Å². The van der Waals surface area contributed by atoms with Crippen LogP contribution in [0.5, 0.6) is 0 Å². The number of likely N-dealkylation sites (N-methyl/N-ethyl adjacent to an activating group) is 1. The second-order valence-electron chi connectivity index (χ2n) is 5.56. The Labute approximate surface area is 132 Å². The lowest BCUT2D eigenvalue weighted by atomic mass is 10.1. The molecule has 0 saturated carbocycles. The van der Waals surface area contributed by atoms with E-state index in [1.807, 2.05) is 56.3 Å². The molecule has 0 aliphatic carbocycles. The highest BCUT2D eigenvalue weighted by molar-refractivity contribution is 7.89. The fraction of sp³-hybridized carbons (Fsp3) is 0.294. The van der Waals surface area contributed by atoms with E-state index >= 15 is 0 Å². The van der Waals surface area contributed by atoms with E-state index in [-0.39, 0.29) is 6.04 Å². The van der Waals surface area contributed by atoms with Gasteiger partial charge in [0.25, 0.3) is 0 Å². The van der Waals surface area contributed by atoms with Gasteiger partial charge in [0.05, 0.1) is 4.90 Å². The molecule has 1 atom stereocenters. The summed E-state index contributed by atoms with van der Waals surface area (Å²) in [7, 11) is 0.394. The molecular formula is C17H22N2O2S. The summed E-state index contributed by atoms with van der Waals surface area (Å²) in [6.45, 7) is 2.26. The Morgan fingerprint density at radius 3 is 2.14 bits per heavy atom. The number of benzene rings is 2. The Morgan fingerprint density at radius 1 is 1.00 bits per heavy atom. The first kappa shape index (κ1) is 16.7. The monoisotopic (exact) mass is 318 g/mol. The van der Waals surface area contributed by atoms with Crippen LogP contribution in [-0.4, -0.2) is 34.0 Å². The molecular weight excluding hydrogens is 296 g/mol. The molecule has 22 heavy (non-hydrogen) atoms. The molecule has 2 rings (SSSR count). The predicted molar refractivity (Wildman–Crippen MR) is 89.2 cm³/mol. The van der Waals surface area contributed by atoms with Gasteiger partial charge in [-0.05, 0) is 38.7 Å². The number of nitrogens with zero attached hydrogens (tertiary/aromatic N) is 1. The van der Waals surface area contributed by atoms with E-state index in [1.165, 1.54) is 0 Å². The molecule has 2 aromatic carbocycles. The highest BCUT2D eigenvalue weighted by Gasteiger charge is 2.19. The molecule has 0 aliphatic rings. The Bertz CT molecular complexity index is 695. The lowest BCUT2D eigenvalue weighted by Gasteiger charge is -2.25. The Morgan fingerprint density at radius 2 is 1.59 bits per heavy atom. The fourth-order valence-corrected chi connectivity index (χ4v) is 3.30. The summed E-state index contributed by atoms with van der Waals surface area (Å²) in [5, 5.41) is 0. The third-order valence-corrected chi connectivity index (χ3v) is 5.05. The van der Waals surface area contributed by atoms with Crippen molar-refractivity contribution >= 4 is 10.0 Å². The van der Waals surface area contributed by atoms with Crippen molar-refractivity contribution in [2.75, 3.05) is 20.6 Å². The maximum Gasteiger partial charge on any atom is 0.240 e. The smallest absolute Gasteiger partial charge is 0.240 e. The van der Waals surface area contributed by atoms with Gasteiger partial charge in [0.2, 0.25) is 10.0 Å². The quantitative estimate of drug-likeness (QED) is 0.890. The summed E-state index contributed by atoms with van der Waals surface area (Å²) in [6, 6.07) is 16.7. The highest BCUT2D eigenvalue weighted by atomic mass is 32.2. The van der Waals surface area contributed by atoms with Crippen LogP contribution in [0.1, 0.15) is 17.2 Å². The maximum atomic E-state index is 12.4. The van der Waals surface area contributed by atoms with E-state index in [9.17, 15) is 8.42 Å². The van der Waals surface area contributed by atoms with Gasteiger partial charge in [-0.1, -0.05) is 48.0 Å². The van der Waals surface area contributed by atoms with E-state index in [2.05, 4.69) is 4.72 Å². The molecule has 0 bridgehead atoms. The molecule has 5 heteroatoms. The van der Waals surface area contributed by atoms with Gasteiger partial charge in [0.1, 0.15) is 0 Å². The fourth-order valence-electron chi connectivity index (χ4n) is 2.26. The molecule has 1 N–H and O–H groups in total. The summed E-state index contributed by atoms with van der Waals surface area (Å²) < 4.78 is 27.4. The van der Waals surface area contributed by atoms with Crippen LogP contribution in [0.25, 0.3) is 0 Å². The van der Waals surface area contributed by atoms with Crippen molar-refractivity contribution in [2.45, 2.75) is 17.9 Å². The van der Waals surface area contributed by atoms with Crippen molar-refractivity contribution in [3.05, 3.63) is 65.7 Å². The molecule has 0 unspecified atom stereocenters. The van der Waals surface area contributed by atoms with Gasteiger partial charge in [0.15, 0.2) is 0 Å². The number of rotatable bonds is 6. The van der Waals surface area contributed by atoms with Gasteiger partial charge in [-0.3, -0.25) is 0 Å². The zero-order valence-corrected chi connectivity index (χ0v) is 14.0. The van der Waals surface area contributed by atoms with E-state index in [0.29, 0.717) is 11.4 Å². The van der Waals surface area contributed by atoms with Crippen LogP contribution in [0, 0.1) is 6.92 Å². The Kier molecular flexibility index (Phi) is 5.34. The SMILES string of the molecule is Cc1ccc(S(=O)(=O)NC[C@H](c2ccccc2)N(C)C)cc1. The van der Waals surface area contributed by atoms with Gasteiger partial charge in [-0.25, -0.2) is 13.1 Å². The maximum absolute atomic E-state index is 12.4. The second-order valence-corrected chi connectivity index (χ2v) is 7.32. The Balaban J connectivity index is 2.14. The van der Waals surface area contributed by atoms with E-state index in [4.69, 9.17) is 0 Å². The minimum Gasteiger partial charge on any atom is -0.301 e. The van der Waals surface area contributed by atoms with Crippen LogP contribution >= 0.6 is 0 Å². The van der Waals surface area contributed by atoms with Crippen LogP contribution in [0.3, 0.4) is 0 Å². The number of hydrogen-bond donors (Lipinski definition) is 1. The van der Waals surface area contributed by atoms with Crippen molar-refractivity contribution in [3.63, 3.8) is 0 Å². The summed E-state index contributed by atoms with van der Waals surface area (Å²) in [5.41, 5.74) is 2.12. The van der Waals surface area contributed by atoms with Gasteiger partial charge >= 0.3 is 0 Å². The van der Waals surface area contributed by atoms with Crippen molar-refractivity contribution in [1.82, 2.24) is 9.62 Å². The number of aryl methyl sites for hydroxylation is 1. The summed E-state index contributed by atoms with van der Waals surface area (Å²) in [5.74, 6) is 0. The molecule has 0 spiro atoms. The predicted octanol–water partition coefficient (Wildman–Crippen LogP) is 2.58. The van der Waals surface area contributed by atoms with Crippen LogP contribution in [0.2, 0.25) is 0 Å². The average molecular weight is 318 g/mol. The molecule has 4 nitrogen and oxygen atoms in total. The minimum atomic E-state index is -3.49. The summed E-state index contributed by atoms with van der Waals surface area (Å²) in [4.78, 5) is 2.30. The molecule has 118 valence electrons. The van der Waals surface area contributed by atoms with E-state index in [0.717, 1.165) is 11.1 Å². The number of sulfonamides is 1. The molecule has 0 aromatic heterocycles. The molecule has 0 fully saturated rings. The number of hydrogen-bond acceptors (Lipinski definition) is 3. The molecule has 0 radical (unpaired) electrons. The van der Waals surface area contributed by atoms with Gasteiger partial charge in [-0.2, -0.15) is 0 Å². The van der Waals surface area contributed by atoms with E-state index < -0.39 is 10.0 Å². The van der Waals surface area contributed by atoms with Crippen molar-refractivity contribution in [2.24, 2.45) is 0 Å². The van der Waals surface area contributed by atoms with Crippen molar-refractivity contribution < 1.29 is 8.42 Å². The normalized spacial score (nSPS) is 13.3. The summed E-state index contributed by atoms with van der Waals surface area (Å²) in [6.07, 6.45) is 0. The van der Waals surface area contributed by atoms with Crippen LogP contribution in [-0.2, 0) is 10.0 Å². The first-order valence-electron chi connectivity index (χ1n) is 7.18. The minimum absolute atomic E-state index is 0.0126. The lowest BCUT2D eigenvalue weighted by molar-refractivity contribution is 0.299. The molecule has 0 amide bonds. The standard InChI is InChI=1S/C17H22N2O2S/c1-14-9-11-16(12-10-14)22(20,21)18-13-17(19(2)3)15-7-5-4-6-8-15/h4-12,17-18H,13H2,1-3H3/t17-/m1/s1. The van der Waals surface area contributed by atoms with Crippen LogP contribution in [0.15, 0.2) is 59.5 Å². The third kappa shape index (κ3) is 4.16. The first-order chi connectivity index (χ1) is 10.4. The molecule has 0 aliphatic heterocycles. The van der Waals surface area contributed by atoms with Gasteiger partial charge < -0.3 is 4.90 Å². The van der Waals surface area contributed by atoms with Gasteiger partial charge in [-0.15, -0.1) is 0 Å². The third-order valence-electron chi connectivity index (χ3n) is 3.61. The second kappa shape index (κ2) is 7.05. The Hall–Kier alpha value is -1.69. The summed E-state index contributed by atoms with van der Waals surface area (Å²) >= 11 is 0. The lowest BCUT2D eigenvalue weighted by Crippen LogP contribution is -2.34. The van der Waals surface area contributed by atoms with Crippen LogP contribution in [0.4, 0.5) is 0 Å². The molecule has 2 aromatic rings. The largest absolute Gasteiger partial charge is 0.301 e. The first-order valence-corrected chi connectivity index (χ1v) is 8.66. The van der Waals surface area contributed by atoms with Crippen LogP contribution < -0.4 is 4.72 Å².